The lowest BCUT2D eigenvalue weighted by atomic mass is 9.67. The first-order chi connectivity index (χ1) is 7.22. The molecule has 3 atom stereocenters. The third kappa shape index (κ3) is 1.26. The van der Waals surface area contributed by atoms with Crippen molar-refractivity contribution in [3.05, 3.63) is 0 Å². The Morgan fingerprint density at radius 3 is 2.33 bits per heavy atom. The fraction of sp³-hybridized carbons (Fsp3) is 0.923. The van der Waals surface area contributed by atoms with E-state index in [0.29, 0.717) is 5.92 Å². The fourth-order valence-electron chi connectivity index (χ4n) is 4.67. The minimum Gasteiger partial charge on any atom is -0.481 e. The van der Waals surface area contributed by atoms with Gasteiger partial charge in [-0.3, -0.25) is 4.79 Å². The molecule has 0 aromatic heterocycles. The molecular weight excluding hydrogens is 188 g/mol. The van der Waals surface area contributed by atoms with E-state index in [1.54, 1.807) is 0 Å². The maximum Gasteiger partial charge on any atom is 0.309 e. The van der Waals surface area contributed by atoms with E-state index in [1.807, 2.05) is 0 Å². The van der Waals surface area contributed by atoms with Crippen molar-refractivity contribution in [3.63, 3.8) is 0 Å². The standard InChI is InChI=1S/C13H20O2/c14-12(15)13(5-1-2-6-13)11-8-9-3-4-10(11)7-9/h9-11H,1-8H2,(H,14,15). The van der Waals surface area contributed by atoms with Gasteiger partial charge >= 0.3 is 5.97 Å². The number of aliphatic carboxylic acids is 1. The van der Waals surface area contributed by atoms with Gasteiger partial charge in [-0.1, -0.05) is 19.3 Å². The molecule has 0 radical (unpaired) electrons. The van der Waals surface area contributed by atoms with Crippen molar-refractivity contribution in [2.24, 2.45) is 23.2 Å². The highest BCUT2D eigenvalue weighted by atomic mass is 16.4. The molecule has 0 spiro atoms. The lowest BCUT2D eigenvalue weighted by Crippen LogP contribution is -2.38. The van der Waals surface area contributed by atoms with Gasteiger partial charge in [-0.25, -0.2) is 0 Å². The van der Waals surface area contributed by atoms with Crippen LogP contribution in [0.4, 0.5) is 0 Å². The first kappa shape index (κ1) is 9.68. The van der Waals surface area contributed by atoms with Crippen molar-refractivity contribution in [2.75, 3.05) is 0 Å². The minimum atomic E-state index is -0.488. The van der Waals surface area contributed by atoms with Gasteiger partial charge in [0.25, 0.3) is 0 Å². The van der Waals surface area contributed by atoms with Crippen LogP contribution in [0.3, 0.4) is 0 Å². The highest BCUT2D eigenvalue weighted by molar-refractivity contribution is 5.75. The van der Waals surface area contributed by atoms with Crippen LogP contribution in [-0.4, -0.2) is 11.1 Å². The SMILES string of the molecule is O=C(O)C1(C2CC3CCC2C3)CCCC1. The molecule has 84 valence electrons. The molecule has 1 N–H and O–H groups in total. The molecule has 3 rings (SSSR count). The predicted molar refractivity (Wildman–Crippen MR) is 57.5 cm³/mol. The Balaban J connectivity index is 1.87. The molecule has 3 saturated carbocycles. The van der Waals surface area contributed by atoms with E-state index in [4.69, 9.17) is 0 Å². The molecule has 2 bridgehead atoms. The van der Waals surface area contributed by atoms with Crippen LogP contribution in [0, 0.1) is 23.2 Å². The van der Waals surface area contributed by atoms with E-state index in [2.05, 4.69) is 0 Å². The molecule has 3 aliphatic carbocycles. The summed E-state index contributed by atoms with van der Waals surface area (Å²) in [6.07, 6.45) is 9.42. The lowest BCUT2D eigenvalue weighted by Gasteiger charge is -2.36. The summed E-state index contributed by atoms with van der Waals surface area (Å²) in [5.41, 5.74) is -0.306. The maximum absolute atomic E-state index is 11.6. The summed E-state index contributed by atoms with van der Waals surface area (Å²) in [7, 11) is 0. The van der Waals surface area contributed by atoms with Gasteiger partial charge in [0.15, 0.2) is 0 Å². The predicted octanol–water partition coefficient (Wildman–Crippen LogP) is 3.07. The van der Waals surface area contributed by atoms with E-state index in [0.717, 1.165) is 37.5 Å². The average molecular weight is 208 g/mol. The highest BCUT2D eigenvalue weighted by Gasteiger charge is 2.55. The Morgan fingerprint density at radius 1 is 1.13 bits per heavy atom. The highest BCUT2D eigenvalue weighted by Crippen LogP contribution is 2.59. The van der Waals surface area contributed by atoms with Crippen molar-refractivity contribution in [2.45, 2.75) is 51.4 Å². The molecule has 0 saturated heterocycles. The zero-order valence-corrected chi connectivity index (χ0v) is 9.24. The molecule has 2 nitrogen and oxygen atoms in total. The van der Waals surface area contributed by atoms with Crippen LogP contribution >= 0.6 is 0 Å². The summed E-state index contributed by atoms with van der Waals surface area (Å²) in [5.74, 6) is 1.66. The smallest absolute Gasteiger partial charge is 0.309 e. The first-order valence-electron chi connectivity index (χ1n) is 6.46. The molecule has 3 unspecified atom stereocenters. The van der Waals surface area contributed by atoms with E-state index in [1.165, 1.54) is 25.7 Å². The van der Waals surface area contributed by atoms with E-state index >= 15 is 0 Å². The molecule has 0 amide bonds. The molecule has 15 heavy (non-hydrogen) atoms. The van der Waals surface area contributed by atoms with Gasteiger partial charge in [0.05, 0.1) is 5.41 Å². The van der Waals surface area contributed by atoms with Crippen LogP contribution in [0.1, 0.15) is 51.4 Å². The average Bonchev–Trinajstić information content (AvgIpc) is 2.94. The van der Waals surface area contributed by atoms with Crippen LogP contribution in [0.5, 0.6) is 0 Å². The lowest BCUT2D eigenvalue weighted by molar-refractivity contribution is -0.153. The van der Waals surface area contributed by atoms with Crippen LogP contribution in [0.25, 0.3) is 0 Å². The third-order valence-corrected chi connectivity index (χ3v) is 5.37. The fourth-order valence-corrected chi connectivity index (χ4v) is 4.67. The van der Waals surface area contributed by atoms with Gasteiger partial charge in [-0.15, -0.1) is 0 Å². The van der Waals surface area contributed by atoms with Crippen molar-refractivity contribution < 1.29 is 9.90 Å². The molecule has 0 aromatic carbocycles. The second kappa shape index (κ2) is 3.23. The summed E-state index contributed by atoms with van der Waals surface area (Å²) in [6.45, 7) is 0. The monoisotopic (exact) mass is 208 g/mol. The van der Waals surface area contributed by atoms with Crippen molar-refractivity contribution >= 4 is 5.97 Å². The summed E-state index contributed by atoms with van der Waals surface area (Å²) in [6, 6.07) is 0. The Kier molecular flexibility index (Phi) is 2.08. The van der Waals surface area contributed by atoms with Gasteiger partial charge < -0.3 is 5.11 Å². The molecule has 0 heterocycles. The van der Waals surface area contributed by atoms with Crippen molar-refractivity contribution in [3.8, 4) is 0 Å². The molecule has 0 aliphatic heterocycles. The van der Waals surface area contributed by atoms with Crippen LogP contribution < -0.4 is 0 Å². The zero-order valence-electron chi connectivity index (χ0n) is 9.24. The van der Waals surface area contributed by atoms with Crippen molar-refractivity contribution in [1.82, 2.24) is 0 Å². The van der Waals surface area contributed by atoms with Gasteiger partial charge in [-0.2, -0.15) is 0 Å². The Labute approximate surface area is 91.1 Å². The van der Waals surface area contributed by atoms with Gasteiger partial charge in [0.2, 0.25) is 0 Å². The Hall–Kier alpha value is -0.530. The van der Waals surface area contributed by atoms with Crippen LogP contribution in [0.15, 0.2) is 0 Å². The van der Waals surface area contributed by atoms with Gasteiger partial charge in [0, 0.05) is 0 Å². The summed E-state index contributed by atoms with van der Waals surface area (Å²) < 4.78 is 0. The quantitative estimate of drug-likeness (QED) is 0.757. The number of carboxylic acids is 1. The zero-order chi connectivity index (χ0) is 10.5. The van der Waals surface area contributed by atoms with E-state index in [9.17, 15) is 9.90 Å². The summed E-state index contributed by atoms with van der Waals surface area (Å²) in [4.78, 5) is 11.6. The van der Waals surface area contributed by atoms with E-state index in [-0.39, 0.29) is 5.41 Å². The molecule has 2 heteroatoms. The normalized spacial score (nSPS) is 42.3. The Bertz CT molecular complexity index is 278. The molecule has 3 fully saturated rings. The Morgan fingerprint density at radius 2 is 1.87 bits per heavy atom. The van der Waals surface area contributed by atoms with Crippen LogP contribution in [0.2, 0.25) is 0 Å². The molecular formula is C13H20O2. The van der Waals surface area contributed by atoms with Crippen molar-refractivity contribution in [1.29, 1.82) is 0 Å². The number of hydrogen-bond acceptors (Lipinski definition) is 1. The molecule has 0 aromatic rings. The maximum atomic E-state index is 11.6. The molecule has 3 aliphatic rings. The second-order valence-corrected chi connectivity index (χ2v) is 5.95. The number of fused-ring (bicyclic) bond motifs is 2. The second-order valence-electron chi connectivity index (χ2n) is 5.95. The minimum absolute atomic E-state index is 0.306. The summed E-state index contributed by atoms with van der Waals surface area (Å²) in [5, 5.41) is 9.55. The topological polar surface area (TPSA) is 37.3 Å². The first-order valence-corrected chi connectivity index (χ1v) is 6.46. The van der Waals surface area contributed by atoms with E-state index < -0.39 is 5.97 Å². The van der Waals surface area contributed by atoms with Gasteiger partial charge in [-0.05, 0) is 49.9 Å². The number of carboxylic acid groups (broad SMARTS) is 1. The number of hydrogen-bond donors (Lipinski definition) is 1. The number of rotatable bonds is 2. The van der Waals surface area contributed by atoms with Crippen LogP contribution in [-0.2, 0) is 4.79 Å². The number of carbonyl (C=O) groups is 1. The largest absolute Gasteiger partial charge is 0.481 e. The summed E-state index contributed by atoms with van der Waals surface area (Å²) >= 11 is 0. The van der Waals surface area contributed by atoms with Gasteiger partial charge in [0.1, 0.15) is 0 Å². The third-order valence-electron chi connectivity index (χ3n) is 5.37.